The Hall–Kier alpha value is -1.49. The SMILES string of the molecule is NC1CC(CNC(=O)c2cc(F)cc(F)c2)C1. The van der Waals surface area contributed by atoms with Crippen LogP contribution in [0.5, 0.6) is 0 Å². The van der Waals surface area contributed by atoms with Crippen LogP contribution in [0, 0.1) is 17.6 Å². The molecule has 3 N–H and O–H groups in total. The van der Waals surface area contributed by atoms with Gasteiger partial charge in [0.15, 0.2) is 0 Å². The molecule has 0 bridgehead atoms. The van der Waals surface area contributed by atoms with E-state index in [1.54, 1.807) is 0 Å². The molecule has 0 unspecified atom stereocenters. The summed E-state index contributed by atoms with van der Waals surface area (Å²) in [6.45, 7) is 0.505. The van der Waals surface area contributed by atoms with E-state index in [-0.39, 0.29) is 11.6 Å². The number of nitrogens with one attached hydrogen (secondary N) is 1. The Morgan fingerprint density at radius 1 is 1.29 bits per heavy atom. The Bertz CT molecular complexity index is 410. The predicted molar refractivity (Wildman–Crippen MR) is 59.4 cm³/mol. The average Bonchev–Trinajstić information content (AvgIpc) is 2.21. The zero-order chi connectivity index (χ0) is 12.4. The van der Waals surface area contributed by atoms with Gasteiger partial charge in [-0.2, -0.15) is 0 Å². The number of halogens is 2. The number of carbonyl (C=O) groups is 1. The third-order valence-corrected chi connectivity index (χ3v) is 2.95. The molecular formula is C12H14F2N2O. The molecule has 17 heavy (non-hydrogen) atoms. The van der Waals surface area contributed by atoms with Crippen molar-refractivity contribution < 1.29 is 13.6 Å². The van der Waals surface area contributed by atoms with Crippen molar-refractivity contribution in [2.75, 3.05) is 6.54 Å². The van der Waals surface area contributed by atoms with E-state index in [1.807, 2.05) is 0 Å². The summed E-state index contributed by atoms with van der Waals surface area (Å²) in [7, 11) is 0. The van der Waals surface area contributed by atoms with Crippen molar-refractivity contribution in [3.63, 3.8) is 0 Å². The summed E-state index contributed by atoms with van der Waals surface area (Å²) in [6.07, 6.45) is 1.77. The van der Waals surface area contributed by atoms with Crippen LogP contribution in [0.15, 0.2) is 18.2 Å². The van der Waals surface area contributed by atoms with E-state index in [0.29, 0.717) is 12.5 Å². The Morgan fingerprint density at radius 3 is 2.41 bits per heavy atom. The van der Waals surface area contributed by atoms with Crippen molar-refractivity contribution >= 4 is 5.91 Å². The van der Waals surface area contributed by atoms with Crippen molar-refractivity contribution in [2.45, 2.75) is 18.9 Å². The van der Waals surface area contributed by atoms with Gasteiger partial charge in [-0.1, -0.05) is 0 Å². The number of carbonyl (C=O) groups excluding carboxylic acids is 1. The Balaban J connectivity index is 1.90. The second-order valence-electron chi connectivity index (χ2n) is 4.47. The van der Waals surface area contributed by atoms with Gasteiger partial charge in [0.2, 0.25) is 0 Å². The number of hydrogen-bond donors (Lipinski definition) is 2. The van der Waals surface area contributed by atoms with Gasteiger partial charge in [0.1, 0.15) is 11.6 Å². The van der Waals surface area contributed by atoms with Crippen LogP contribution in [0.4, 0.5) is 8.78 Å². The van der Waals surface area contributed by atoms with Gasteiger partial charge in [0.25, 0.3) is 5.91 Å². The fourth-order valence-corrected chi connectivity index (χ4v) is 1.98. The highest BCUT2D eigenvalue weighted by atomic mass is 19.1. The highest BCUT2D eigenvalue weighted by Gasteiger charge is 2.26. The van der Waals surface area contributed by atoms with E-state index in [4.69, 9.17) is 5.73 Å². The molecule has 3 nitrogen and oxygen atoms in total. The lowest BCUT2D eigenvalue weighted by Gasteiger charge is -2.32. The van der Waals surface area contributed by atoms with E-state index in [9.17, 15) is 13.6 Å². The molecule has 1 saturated carbocycles. The number of rotatable bonds is 3. The second kappa shape index (κ2) is 4.79. The topological polar surface area (TPSA) is 55.1 Å². The molecule has 1 aliphatic carbocycles. The Labute approximate surface area is 98.0 Å². The highest BCUT2D eigenvalue weighted by Crippen LogP contribution is 2.24. The molecule has 1 aromatic rings. The maximum atomic E-state index is 12.9. The summed E-state index contributed by atoms with van der Waals surface area (Å²) in [6, 6.07) is 3.00. The minimum Gasteiger partial charge on any atom is -0.352 e. The van der Waals surface area contributed by atoms with Crippen LogP contribution < -0.4 is 11.1 Å². The summed E-state index contributed by atoms with van der Waals surface area (Å²) >= 11 is 0. The number of benzene rings is 1. The van der Waals surface area contributed by atoms with E-state index < -0.39 is 17.5 Å². The first-order valence-corrected chi connectivity index (χ1v) is 5.54. The van der Waals surface area contributed by atoms with Crippen LogP contribution in [0.3, 0.4) is 0 Å². The lowest BCUT2D eigenvalue weighted by molar-refractivity contribution is 0.0934. The minimum atomic E-state index is -0.749. The molecule has 0 aliphatic heterocycles. The van der Waals surface area contributed by atoms with Crippen molar-refractivity contribution in [1.82, 2.24) is 5.32 Å². The lowest BCUT2D eigenvalue weighted by atomic mass is 9.81. The van der Waals surface area contributed by atoms with Gasteiger partial charge in [0, 0.05) is 24.2 Å². The summed E-state index contributed by atoms with van der Waals surface area (Å²) in [4.78, 5) is 11.6. The largest absolute Gasteiger partial charge is 0.352 e. The molecule has 0 radical (unpaired) electrons. The molecular weight excluding hydrogens is 226 g/mol. The fraction of sp³-hybridized carbons (Fsp3) is 0.417. The smallest absolute Gasteiger partial charge is 0.251 e. The van der Waals surface area contributed by atoms with Crippen LogP contribution >= 0.6 is 0 Å². The predicted octanol–water partition coefficient (Wildman–Crippen LogP) is 1.43. The molecule has 1 aromatic carbocycles. The third-order valence-electron chi connectivity index (χ3n) is 2.95. The molecule has 5 heteroatoms. The van der Waals surface area contributed by atoms with Crippen LogP contribution in [-0.2, 0) is 0 Å². The first kappa shape index (κ1) is 12.0. The second-order valence-corrected chi connectivity index (χ2v) is 4.47. The molecule has 0 atom stereocenters. The first-order chi connectivity index (χ1) is 8.04. The van der Waals surface area contributed by atoms with Gasteiger partial charge >= 0.3 is 0 Å². The molecule has 0 spiro atoms. The zero-order valence-electron chi connectivity index (χ0n) is 9.25. The monoisotopic (exact) mass is 240 g/mol. The van der Waals surface area contributed by atoms with Gasteiger partial charge in [-0.25, -0.2) is 8.78 Å². The van der Waals surface area contributed by atoms with Crippen LogP contribution in [0.25, 0.3) is 0 Å². The van der Waals surface area contributed by atoms with E-state index >= 15 is 0 Å². The summed E-state index contributed by atoms with van der Waals surface area (Å²) in [5.41, 5.74) is 5.62. The molecule has 0 aromatic heterocycles. The van der Waals surface area contributed by atoms with Crippen molar-refractivity contribution in [3.8, 4) is 0 Å². The standard InChI is InChI=1S/C12H14F2N2O/c13-9-3-8(4-10(14)5-9)12(17)16-6-7-1-11(15)2-7/h3-5,7,11H,1-2,6,15H2,(H,16,17). The van der Waals surface area contributed by atoms with Gasteiger partial charge in [-0.15, -0.1) is 0 Å². The summed E-state index contributed by atoms with van der Waals surface area (Å²) in [5, 5.41) is 2.65. The van der Waals surface area contributed by atoms with E-state index in [0.717, 1.165) is 31.0 Å². The molecule has 0 saturated heterocycles. The molecule has 0 heterocycles. The van der Waals surface area contributed by atoms with Crippen molar-refractivity contribution in [1.29, 1.82) is 0 Å². The average molecular weight is 240 g/mol. The normalized spacial score (nSPS) is 23.0. The lowest BCUT2D eigenvalue weighted by Crippen LogP contribution is -2.42. The molecule has 1 fully saturated rings. The Morgan fingerprint density at radius 2 is 1.88 bits per heavy atom. The molecule has 1 amide bonds. The number of nitrogens with two attached hydrogens (primary N) is 1. The first-order valence-electron chi connectivity index (χ1n) is 5.54. The number of hydrogen-bond acceptors (Lipinski definition) is 2. The van der Waals surface area contributed by atoms with E-state index in [1.165, 1.54) is 0 Å². The van der Waals surface area contributed by atoms with Crippen LogP contribution in [0.2, 0.25) is 0 Å². The van der Waals surface area contributed by atoms with Gasteiger partial charge in [-0.3, -0.25) is 4.79 Å². The van der Waals surface area contributed by atoms with Crippen molar-refractivity contribution in [3.05, 3.63) is 35.4 Å². The Kier molecular flexibility index (Phi) is 3.38. The maximum absolute atomic E-state index is 12.9. The van der Waals surface area contributed by atoms with Gasteiger partial charge < -0.3 is 11.1 Å². The molecule has 2 rings (SSSR count). The third kappa shape index (κ3) is 3.00. The van der Waals surface area contributed by atoms with Crippen LogP contribution in [0.1, 0.15) is 23.2 Å². The maximum Gasteiger partial charge on any atom is 0.251 e. The minimum absolute atomic E-state index is 0.00567. The number of amides is 1. The molecule has 92 valence electrons. The zero-order valence-corrected chi connectivity index (χ0v) is 9.25. The quantitative estimate of drug-likeness (QED) is 0.839. The van der Waals surface area contributed by atoms with Crippen LogP contribution in [-0.4, -0.2) is 18.5 Å². The summed E-state index contributed by atoms with van der Waals surface area (Å²) < 4.78 is 25.8. The highest BCUT2D eigenvalue weighted by molar-refractivity contribution is 5.94. The van der Waals surface area contributed by atoms with E-state index in [2.05, 4.69) is 5.32 Å². The molecule has 1 aliphatic rings. The van der Waals surface area contributed by atoms with Crippen molar-refractivity contribution in [2.24, 2.45) is 11.7 Å². The van der Waals surface area contributed by atoms with Gasteiger partial charge in [0.05, 0.1) is 0 Å². The fourth-order valence-electron chi connectivity index (χ4n) is 1.98. The van der Waals surface area contributed by atoms with Gasteiger partial charge in [-0.05, 0) is 30.9 Å². The summed E-state index contributed by atoms with van der Waals surface area (Å²) in [5.74, 6) is -1.57.